The van der Waals surface area contributed by atoms with Crippen LogP contribution in [0.2, 0.25) is 5.02 Å². The number of benzene rings is 3. The van der Waals surface area contributed by atoms with Crippen LogP contribution < -0.4 is 20.9 Å². The Hall–Kier alpha value is -3.72. The fourth-order valence-corrected chi connectivity index (χ4v) is 3.03. The highest BCUT2D eigenvalue weighted by Crippen LogP contribution is 2.31. The van der Waals surface area contributed by atoms with Crippen molar-refractivity contribution in [3.63, 3.8) is 0 Å². The van der Waals surface area contributed by atoms with Gasteiger partial charge >= 0.3 is 18.2 Å². The normalized spacial score (nSPS) is 10.9. The van der Waals surface area contributed by atoms with Gasteiger partial charge in [0.25, 0.3) is 0 Å². The molecule has 0 aliphatic carbocycles. The van der Waals surface area contributed by atoms with E-state index >= 15 is 0 Å². The zero-order valence-corrected chi connectivity index (χ0v) is 18.0. The van der Waals surface area contributed by atoms with Crippen molar-refractivity contribution in [1.82, 2.24) is 5.32 Å². The molecule has 33 heavy (non-hydrogen) atoms. The van der Waals surface area contributed by atoms with Crippen molar-refractivity contribution >= 4 is 40.7 Å². The van der Waals surface area contributed by atoms with Gasteiger partial charge < -0.3 is 16.0 Å². The molecule has 3 rings (SSSR count). The van der Waals surface area contributed by atoms with Gasteiger partial charge in [0, 0.05) is 35.2 Å². The second-order valence-corrected chi connectivity index (χ2v) is 7.32. The minimum atomic E-state index is -4.57. The fourth-order valence-electron chi connectivity index (χ4n) is 2.90. The summed E-state index contributed by atoms with van der Waals surface area (Å²) in [5.74, 6) is 0. The van der Waals surface area contributed by atoms with Gasteiger partial charge in [-0.15, -0.1) is 0 Å². The molecule has 0 saturated carbocycles. The third kappa shape index (κ3) is 7.15. The number of carbonyl (C=O) groups excluding carboxylic acids is 2. The van der Waals surface area contributed by atoms with E-state index in [-0.39, 0.29) is 18.8 Å². The molecule has 0 unspecified atom stereocenters. The van der Waals surface area contributed by atoms with Gasteiger partial charge in [0.05, 0.1) is 5.56 Å². The summed E-state index contributed by atoms with van der Waals surface area (Å²) in [5.41, 5.74) is 0.127. The summed E-state index contributed by atoms with van der Waals surface area (Å²) in [6.07, 6.45) is -4.57. The first kappa shape index (κ1) is 23.9. The molecule has 172 valence electrons. The first-order valence-corrected chi connectivity index (χ1v) is 10.2. The maximum absolute atomic E-state index is 13.2. The molecule has 10 heteroatoms. The first-order chi connectivity index (χ1) is 15.7. The molecule has 0 heterocycles. The molecular formula is C23H20ClF3N4O2. The van der Waals surface area contributed by atoms with Crippen LogP contribution in [0.5, 0.6) is 0 Å². The Morgan fingerprint density at radius 2 is 1.52 bits per heavy atom. The van der Waals surface area contributed by atoms with E-state index in [1.807, 2.05) is 0 Å². The topological polar surface area (TPSA) is 73.5 Å². The van der Waals surface area contributed by atoms with Crippen LogP contribution in [-0.2, 0) is 6.18 Å². The SMILES string of the molecule is O=C(NCCN(C(=O)Nc1ccc(Cl)cc1)c1cccc(C(F)(F)F)c1)Nc1ccccc1. The molecule has 0 radical (unpaired) electrons. The molecule has 3 N–H and O–H groups in total. The number of urea groups is 2. The average Bonchev–Trinajstić information content (AvgIpc) is 2.78. The Bertz CT molecular complexity index is 1090. The monoisotopic (exact) mass is 476 g/mol. The molecule has 4 amide bonds. The summed E-state index contributed by atoms with van der Waals surface area (Å²) in [5, 5.41) is 8.31. The summed E-state index contributed by atoms with van der Waals surface area (Å²) < 4.78 is 39.6. The summed E-state index contributed by atoms with van der Waals surface area (Å²) in [4.78, 5) is 26.1. The van der Waals surface area contributed by atoms with Gasteiger partial charge in [0.15, 0.2) is 0 Å². The van der Waals surface area contributed by atoms with E-state index in [0.29, 0.717) is 16.4 Å². The molecule has 0 atom stereocenters. The molecule has 0 saturated heterocycles. The lowest BCUT2D eigenvalue weighted by atomic mass is 10.2. The van der Waals surface area contributed by atoms with Gasteiger partial charge in [-0.1, -0.05) is 35.9 Å². The number of anilines is 3. The molecule has 3 aromatic carbocycles. The van der Waals surface area contributed by atoms with Crippen LogP contribution in [0.3, 0.4) is 0 Å². The van der Waals surface area contributed by atoms with E-state index in [9.17, 15) is 22.8 Å². The molecule has 0 aromatic heterocycles. The highest BCUT2D eigenvalue weighted by atomic mass is 35.5. The van der Waals surface area contributed by atoms with Crippen LogP contribution in [0.25, 0.3) is 0 Å². The van der Waals surface area contributed by atoms with Gasteiger partial charge in [-0.2, -0.15) is 13.2 Å². The highest BCUT2D eigenvalue weighted by Gasteiger charge is 2.31. The number of carbonyl (C=O) groups is 2. The van der Waals surface area contributed by atoms with Crippen LogP contribution in [0.1, 0.15) is 5.56 Å². The van der Waals surface area contributed by atoms with Crippen LogP contribution >= 0.6 is 11.6 Å². The van der Waals surface area contributed by atoms with Crippen molar-refractivity contribution in [2.75, 3.05) is 28.6 Å². The Labute approximate surface area is 193 Å². The van der Waals surface area contributed by atoms with Gasteiger partial charge in [-0.25, -0.2) is 9.59 Å². The second-order valence-electron chi connectivity index (χ2n) is 6.88. The average molecular weight is 477 g/mol. The minimum absolute atomic E-state index is 0.0110. The number of para-hydroxylation sites is 1. The Kier molecular flexibility index (Phi) is 7.78. The third-order valence-corrected chi connectivity index (χ3v) is 4.73. The molecule has 0 spiro atoms. The predicted octanol–water partition coefficient (Wildman–Crippen LogP) is 6.22. The zero-order chi connectivity index (χ0) is 23.8. The maximum atomic E-state index is 13.2. The van der Waals surface area contributed by atoms with E-state index in [2.05, 4.69) is 16.0 Å². The highest BCUT2D eigenvalue weighted by molar-refractivity contribution is 6.30. The number of halogens is 4. The standard InChI is InChI=1S/C23H20ClF3N4O2/c24-17-9-11-19(12-10-17)30-22(33)31(20-8-4-5-16(15-20)23(25,26)27)14-13-28-21(32)29-18-6-2-1-3-7-18/h1-12,15H,13-14H2,(H,30,33)(H2,28,29,32). The largest absolute Gasteiger partial charge is 0.416 e. The molecular weight excluding hydrogens is 457 g/mol. The molecule has 3 aromatic rings. The third-order valence-electron chi connectivity index (χ3n) is 4.48. The van der Waals surface area contributed by atoms with Crippen molar-refractivity contribution in [2.24, 2.45) is 0 Å². The Morgan fingerprint density at radius 1 is 0.848 bits per heavy atom. The van der Waals surface area contributed by atoms with Gasteiger partial charge in [0.2, 0.25) is 0 Å². The first-order valence-electron chi connectivity index (χ1n) is 9.83. The quantitative estimate of drug-likeness (QED) is 0.395. The summed E-state index contributed by atoms with van der Waals surface area (Å²) in [6, 6.07) is 18.2. The lowest BCUT2D eigenvalue weighted by Gasteiger charge is -2.24. The lowest BCUT2D eigenvalue weighted by molar-refractivity contribution is -0.137. The molecule has 0 aliphatic rings. The van der Waals surface area contributed by atoms with E-state index in [4.69, 9.17) is 11.6 Å². The van der Waals surface area contributed by atoms with Crippen LogP contribution in [-0.4, -0.2) is 25.2 Å². The molecule has 6 nitrogen and oxygen atoms in total. The number of alkyl halides is 3. The molecule has 0 aliphatic heterocycles. The summed E-state index contributed by atoms with van der Waals surface area (Å²) in [7, 11) is 0. The number of amides is 4. The minimum Gasteiger partial charge on any atom is -0.336 e. The number of nitrogens with zero attached hydrogens (tertiary/aromatic N) is 1. The van der Waals surface area contributed by atoms with Crippen molar-refractivity contribution in [2.45, 2.75) is 6.18 Å². The lowest BCUT2D eigenvalue weighted by Crippen LogP contribution is -2.42. The van der Waals surface area contributed by atoms with Crippen molar-refractivity contribution in [1.29, 1.82) is 0 Å². The van der Waals surface area contributed by atoms with Gasteiger partial charge in [-0.3, -0.25) is 4.90 Å². The smallest absolute Gasteiger partial charge is 0.336 e. The second kappa shape index (κ2) is 10.7. The van der Waals surface area contributed by atoms with E-state index in [1.165, 1.54) is 12.1 Å². The summed E-state index contributed by atoms with van der Waals surface area (Å²) in [6.45, 7) is -0.0914. The van der Waals surface area contributed by atoms with Crippen molar-refractivity contribution in [3.05, 3.63) is 89.4 Å². The van der Waals surface area contributed by atoms with Gasteiger partial charge in [0.1, 0.15) is 0 Å². The molecule has 0 bridgehead atoms. The molecule has 0 fully saturated rings. The Morgan fingerprint density at radius 3 is 2.18 bits per heavy atom. The van der Waals surface area contributed by atoms with Gasteiger partial charge in [-0.05, 0) is 54.6 Å². The van der Waals surface area contributed by atoms with Crippen molar-refractivity contribution in [3.8, 4) is 0 Å². The number of nitrogens with one attached hydrogen (secondary N) is 3. The zero-order valence-electron chi connectivity index (χ0n) is 17.2. The van der Waals surface area contributed by atoms with E-state index in [1.54, 1.807) is 54.6 Å². The summed E-state index contributed by atoms with van der Waals surface area (Å²) >= 11 is 5.85. The number of rotatable bonds is 6. The number of hydrogen-bond acceptors (Lipinski definition) is 2. The van der Waals surface area contributed by atoms with Crippen LogP contribution in [0, 0.1) is 0 Å². The maximum Gasteiger partial charge on any atom is 0.416 e. The predicted molar refractivity (Wildman–Crippen MR) is 123 cm³/mol. The Balaban J connectivity index is 1.73. The van der Waals surface area contributed by atoms with Crippen molar-refractivity contribution < 1.29 is 22.8 Å². The fraction of sp³-hybridized carbons (Fsp3) is 0.130. The van der Waals surface area contributed by atoms with E-state index < -0.39 is 23.8 Å². The van der Waals surface area contributed by atoms with Crippen LogP contribution in [0.15, 0.2) is 78.9 Å². The number of hydrogen-bond donors (Lipinski definition) is 3. The van der Waals surface area contributed by atoms with E-state index in [0.717, 1.165) is 17.0 Å². The van der Waals surface area contributed by atoms with Crippen LogP contribution in [0.4, 0.5) is 39.8 Å².